The van der Waals surface area contributed by atoms with E-state index >= 15 is 0 Å². The number of hydrogen-bond donors (Lipinski definition) is 1. The molecule has 126 valence electrons. The van der Waals surface area contributed by atoms with Crippen LogP contribution in [0.2, 0.25) is 0 Å². The third kappa shape index (κ3) is 4.43. The molecule has 0 amide bonds. The summed E-state index contributed by atoms with van der Waals surface area (Å²) in [6, 6.07) is 1.98. The maximum absolute atomic E-state index is 5.68. The van der Waals surface area contributed by atoms with Crippen LogP contribution >= 0.6 is 23.7 Å². The molecule has 1 fully saturated rings. The van der Waals surface area contributed by atoms with Crippen LogP contribution in [0.25, 0.3) is 0 Å². The van der Waals surface area contributed by atoms with Crippen molar-refractivity contribution in [2.24, 2.45) is 0 Å². The average Bonchev–Trinajstić information content (AvgIpc) is 2.93. The smallest absolute Gasteiger partial charge is 0.226 e. The van der Waals surface area contributed by atoms with Gasteiger partial charge in [-0.25, -0.2) is 9.97 Å². The molecular weight excluding hydrogens is 334 g/mol. The fraction of sp³-hybridized carbons (Fsp3) is 0.500. The number of nitrogen functional groups attached to an aromatic ring is 1. The monoisotopic (exact) mass is 355 g/mol. The molecule has 0 radical (unpaired) electrons. The second-order valence-corrected chi connectivity index (χ2v) is 6.68. The Morgan fingerprint density at radius 2 is 1.96 bits per heavy atom. The first kappa shape index (κ1) is 17.7. The van der Waals surface area contributed by atoms with Gasteiger partial charge in [-0.15, -0.1) is 23.7 Å². The molecule has 23 heavy (non-hydrogen) atoms. The third-order valence-electron chi connectivity index (χ3n) is 3.68. The Labute approximate surface area is 146 Å². The van der Waals surface area contributed by atoms with Gasteiger partial charge in [-0.05, 0) is 6.07 Å². The van der Waals surface area contributed by atoms with Crippen molar-refractivity contribution in [1.82, 2.24) is 19.9 Å². The van der Waals surface area contributed by atoms with Gasteiger partial charge in [0.15, 0.2) is 5.13 Å². The molecule has 9 heteroatoms. The maximum atomic E-state index is 5.68. The lowest BCUT2D eigenvalue weighted by molar-refractivity contribution is 0.251. The topological polar surface area (TPSA) is 74.4 Å². The number of halogens is 1. The van der Waals surface area contributed by atoms with E-state index in [9.17, 15) is 0 Å². The number of hydrogen-bond acceptors (Lipinski definition) is 8. The highest BCUT2D eigenvalue weighted by atomic mass is 35.5. The Bertz CT molecular complexity index is 625. The third-order valence-corrected chi connectivity index (χ3v) is 4.49. The second-order valence-electron chi connectivity index (χ2n) is 5.54. The Kier molecular flexibility index (Phi) is 5.97. The van der Waals surface area contributed by atoms with Crippen molar-refractivity contribution >= 4 is 40.6 Å². The number of thiazole rings is 1. The summed E-state index contributed by atoms with van der Waals surface area (Å²) in [6.07, 6.45) is 3.70. The highest BCUT2D eigenvalue weighted by Crippen LogP contribution is 2.19. The summed E-state index contributed by atoms with van der Waals surface area (Å²) in [7, 11) is 3.91. The summed E-state index contributed by atoms with van der Waals surface area (Å²) >= 11 is 1.57. The summed E-state index contributed by atoms with van der Waals surface area (Å²) in [5, 5.41) is 0.644. The fourth-order valence-corrected chi connectivity index (χ4v) is 3.21. The zero-order valence-corrected chi connectivity index (χ0v) is 15.0. The van der Waals surface area contributed by atoms with E-state index in [4.69, 9.17) is 5.73 Å². The molecule has 1 aliphatic heterocycles. The number of piperazine rings is 1. The van der Waals surface area contributed by atoms with Gasteiger partial charge in [-0.2, -0.15) is 4.98 Å². The van der Waals surface area contributed by atoms with Gasteiger partial charge in [-0.3, -0.25) is 4.90 Å². The van der Waals surface area contributed by atoms with Gasteiger partial charge < -0.3 is 15.5 Å². The first-order valence-electron chi connectivity index (χ1n) is 7.29. The molecule has 0 unspecified atom stereocenters. The van der Waals surface area contributed by atoms with Crippen molar-refractivity contribution in [2.75, 3.05) is 55.8 Å². The minimum Gasteiger partial charge on any atom is -0.375 e. The fourth-order valence-electron chi connectivity index (χ4n) is 2.48. The largest absolute Gasteiger partial charge is 0.375 e. The standard InChI is InChI=1S/C14H21N7S.ClH/c1-19(2)14-16-4-3-12(18-14)21-7-5-20(6-8-21)10-11-9-17-13(15)22-11;/h3-4,9H,5-8,10H2,1-2H3,(H2,15,17);1H. The van der Waals surface area contributed by atoms with Crippen LogP contribution in [0.15, 0.2) is 18.5 Å². The first-order chi connectivity index (χ1) is 10.6. The summed E-state index contributed by atoms with van der Waals surface area (Å²) in [4.78, 5) is 20.9. The van der Waals surface area contributed by atoms with Crippen molar-refractivity contribution in [3.05, 3.63) is 23.3 Å². The van der Waals surface area contributed by atoms with Crippen LogP contribution < -0.4 is 15.5 Å². The summed E-state index contributed by atoms with van der Waals surface area (Å²) in [6.45, 7) is 4.89. The van der Waals surface area contributed by atoms with E-state index in [0.29, 0.717) is 5.13 Å². The van der Waals surface area contributed by atoms with Crippen molar-refractivity contribution in [3.8, 4) is 0 Å². The van der Waals surface area contributed by atoms with Gasteiger partial charge in [0.05, 0.1) is 0 Å². The average molecular weight is 356 g/mol. The molecule has 3 rings (SSSR count). The van der Waals surface area contributed by atoms with E-state index in [1.807, 2.05) is 37.5 Å². The quantitative estimate of drug-likeness (QED) is 0.886. The minimum absolute atomic E-state index is 0. The Hall–Kier alpha value is -1.64. The normalized spacial score (nSPS) is 15.3. The predicted molar refractivity (Wildman–Crippen MR) is 97.6 cm³/mol. The van der Waals surface area contributed by atoms with Crippen LogP contribution in [-0.2, 0) is 6.54 Å². The van der Waals surface area contributed by atoms with Crippen LogP contribution in [0.4, 0.5) is 16.9 Å². The number of nitrogens with two attached hydrogens (primary N) is 1. The lowest BCUT2D eigenvalue weighted by atomic mass is 10.3. The minimum atomic E-state index is 0. The van der Waals surface area contributed by atoms with E-state index < -0.39 is 0 Å². The van der Waals surface area contributed by atoms with Gasteiger partial charge in [0.1, 0.15) is 5.82 Å². The lowest BCUT2D eigenvalue weighted by Gasteiger charge is -2.35. The molecule has 1 saturated heterocycles. The van der Waals surface area contributed by atoms with E-state index in [1.165, 1.54) is 4.88 Å². The molecule has 0 aliphatic carbocycles. The number of aromatic nitrogens is 3. The van der Waals surface area contributed by atoms with Crippen LogP contribution in [0.5, 0.6) is 0 Å². The second kappa shape index (κ2) is 7.76. The van der Waals surface area contributed by atoms with Gasteiger partial charge in [0.25, 0.3) is 0 Å². The molecule has 0 saturated carbocycles. The zero-order chi connectivity index (χ0) is 15.5. The highest BCUT2D eigenvalue weighted by Gasteiger charge is 2.19. The van der Waals surface area contributed by atoms with Crippen molar-refractivity contribution in [2.45, 2.75) is 6.54 Å². The molecule has 1 aliphatic rings. The van der Waals surface area contributed by atoms with E-state index in [1.54, 1.807) is 11.3 Å². The Morgan fingerprint density at radius 1 is 1.22 bits per heavy atom. The molecular formula is C14H22ClN7S. The molecule has 2 aromatic heterocycles. The number of rotatable bonds is 4. The molecule has 0 bridgehead atoms. The lowest BCUT2D eigenvalue weighted by Crippen LogP contribution is -2.46. The molecule has 0 aromatic carbocycles. The number of nitrogens with zero attached hydrogens (tertiary/aromatic N) is 6. The van der Waals surface area contributed by atoms with Gasteiger partial charge in [0, 0.05) is 64.1 Å². The van der Waals surface area contributed by atoms with Crippen molar-refractivity contribution < 1.29 is 0 Å². The molecule has 2 N–H and O–H groups in total. The van der Waals surface area contributed by atoms with E-state index in [-0.39, 0.29) is 12.4 Å². The molecule has 0 spiro atoms. The molecule has 7 nitrogen and oxygen atoms in total. The van der Waals surface area contributed by atoms with Crippen LogP contribution in [0.3, 0.4) is 0 Å². The zero-order valence-electron chi connectivity index (χ0n) is 13.3. The van der Waals surface area contributed by atoms with Crippen LogP contribution in [0.1, 0.15) is 4.88 Å². The summed E-state index contributed by atoms with van der Waals surface area (Å²) in [5.41, 5.74) is 5.68. The summed E-state index contributed by atoms with van der Waals surface area (Å²) in [5.74, 6) is 1.75. The molecule has 0 atom stereocenters. The maximum Gasteiger partial charge on any atom is 0.226 e. The van der Waals surface area contributed by atoms with E-state index in [2.05, 4.69) is 24.8 Å². The van der Waals surface area contributed by atoms with Crippen molar-refractivity contribution in [3.63, 3.8) is 0 Å². The predicted octanol–water partition coefficient (Wildman–Crippen LogP) is 1.33. The van der Waals surface area contributed by atoms with Crippen LogP contribution in [0, 0.1) is 0 Å². The SMILES string of the molecule is CN(C)c1nccc(N2CCN(Cc3cnc(N)s3)CC2)n1.Cl. The van der Waals surface area contributed by atoms with Gasteiger partial charge in [-0.1, -0.05) is 0 Å². The van der Waals surface area contributed by atoms with Gasteiger partial charge >= 0.3 is 0 Å². The molecule has 2 aromatic rings. The van der Waals surface area contributed by atoms with Gasteiger partial charge in [0.2, 0.25) is 5.95 Å². The molecule has 3 heterocycles. The number of anilines is 3. The Morgan fingerprint density at radius 3 is 2.57 bits per heavy atom. The Balaban J connectivity index is 0.00000192. The van der Waals surface area contributed by atoms with E-state index in [0.717, 1.165) is 44.5 Å². The summed E-state index contributed by atoms with van der Waals surface area (Å²) < 4.78 is 0. The van der Waals surface area contributed by atoms with Crippen LogP contribution in [-0.4, -0.2) is 60.1 Å². The van der Waals surface area contributed by atoms with Crippen molar-refractivity contribution in [1.29, 1.82) is 0 Å². The highest BCUT2D eigenvalue weighted by molar-refractivity contribution is 7.15. The first-order valence-corrected chi connectivity index (χ1v) is 8.11.